The molecule has 0 bridgehead atoms. The first-order valence-corrected chi connectivity index (χ1v) is 16.1. The predicted octanol–water partition coefficient (Wildman–Crippen LogP) is 10.1. The van der Waals surface area contributed by atoms with Gasteiger partial charge in [-0.25, -0.2) is 9.98 Å². The van der Waals surface area contributed by atoms with Crippen LogP contribution in [0.5, 0.6) is 0 Å². The minimum Gasteiger partial charge on any atom is -0.229 e. The van der Waals surface area contributed by atoms with Crippen molar-refractivity contribution in [1.82, 2.24) is 0 Å². The van der Waals surface area contributed by atoms with Gasteiger partial charge in [0.25, 0.3) is 0 Å². The number of hydrogen-bond donors (Lipinski definition) is 0. The van der Waals surface area contributed by atoms with Gasteiger partial charge in [0.15, 0.2) is 0 Å². The number of hydrogen-bond acceptors (Lipinski definition) is 4. The Morgan fingerprint density at radius 1 is 0.514 bits per heavy atom. The van der Waals surface area contributed by atoms with Crippen LogP contribution in [0, 0.1) is 35.5 Å². The van der Waals surface area contributed by atoms with E-state index in [2.05, 4.69) is 34.2 Å². The minimum atomic E-state index is 0.496. The Hall–Kier alpha value is -0.400. The average molecular weight is 517 g/mol. The lowest BCUT2D eigenvalue weighted by Gasteiger charge is -2.37. The fourth-order valence-corrected chi connectivity index (χ4v) is 8.28. The second-order valence-electron chi connectivity index (χ2n) is 12.3. The summed E-state index contributed by atoms with van der Waals surface area (Å²) in [6.45, 7) is 4.67. The van der Waals surface area contributed by atoms with Crippen LogP contribution in [-0.4, -0.2) is 22.4 Å². The molecule has 0 unspecified atom stereocenters. The van der Waals surface area contributed by atoms with E-state index in [9.17, 15) is 0 Å². The van der Waals surface area contributed by atoms with E-state index in [0.29, 0.717) is 12.1 Å². The lowest BCUT2D eigenvalue weighted by Crippen LogP contribution is -2.26. The van der Waals surface area contributed by atoms with Gasteiger partial charge in [-0.2, -0.15) is 0 Å². The van der Waals surface area contributed by atoms with Gasteiger partial charge in [0.2, 0.25) is 0 Å². The summed E-state index contributed by atoms with van der Waals surface area (Å²) in [4.78, 5) is 8.52. The van der Waals surface area contributed by atoms with Gasteiger partial charge in [-0.1, -0.05) is 58.8 Å². The molecule has 0 spiro atoms. The van der Waals surface area contributed by atoms with Crippen molar-refractivity contribution in [3.05, 3.63) is 0 Å². The molecule has 0 saturated heterocycles. The molecule has 4 aliphatic rings. The lowest BCUT2D eigenvalue weighted by atomic mass is 9.70. The molecule has 4 aliphatic carbocycles. The molecular formula is C31H52N2S2. The molecule has 2 nitrogen and oxygen atoms in total. The predicted molar refractivity (Wildman–Crippen MR) is 158 cm³/mol. The van der Waals surface area contributed by atoms with Crippen LogP contribution in [0.1, 0.15) is 136 Å². The highest BCUT2D eigenvalue weighted by atomic mass is 32.1. The zero-order valence-corrected chi connectivity index (χ0v) is 24.4. The summed E-state index contributed by atoms with van der Waals surface area (Å²) in [7, 11) is 0. The largest absolute Gasteiger partial charge is 0.229 e. The minimum absolute atomic E-state index is 0.496. The van der Waals surface area contributed by atoms with Crippen molar-refractivity contribution in [1.29, 1.82) is 0 Å². The topological polar surface area (TPSA) is 24.7 Å². The van der Waals surface area contributed by atoms with Gasteiger partial charge < -0.3 is 0 Å². The van der Waals surface area contributed by atoms with Crippen LogP contribution in [0.3, 0.4) is 0 Å². The van der Waals surface area contributed by atoms with Crippen LogP contribution in [-0.2, 0) is 0 Å². The Labute approximate surface area is 227 Å². The highest BCUT2D eigenvalue weighted by Gasteiger charge is 2.31. The van der Waals surface area contributed by atoms with Crippen LogP contribution in [0.25, 0.3) is 0 Å². The van der Waals surface area contributed by atoms with E-state index in [1.165, 1.54) is 122 Å². The molecule has 4 rings (SSSR count). The Morgan fingerprint density at radius 3 is 1.17 bits per heavy atom. The van der Waals surface area contributed by atoms with Crippen molar-refractivity contribution in [3.63, 3.8) is 0 Å². The van der Waals surface area contributed by atoms with Crippen LogP contribution in [0.15, 0.2) is 9.98 Å². The summed E-state index contributed by atoms with van der Waals surface area (Å²) < 4.78 is 0. The molecule has 35 heavy (non-hydrogen) atoms. The smallest absolute Gasteiger partial charge is 0.0603 e. The second-order valence-corrected chi connectivity index (χ2v) is 12.7. The first-order valence-electron chi connectivity index (χ1n) is 15.3. The van der Waals surface area contributed by atoms with Crippen molar-refractivity contribution < 1.29 is 0 Å². The number of aliphatic imine (C=N–C) groups is 2. The fourth-order valence-electron chi connectivity index (χ4n) is 7.98. The van der Waals surface area contributed by atoms with Crippen molar-refractivity contribution in [2.24, 2.45) is 45.5 Å². The maximum Gasteiger partial charge on any atom is 0.0603 e. The van der Waals surface area contributed by atoms with Crippen LogP contribution in [0.4, 0.5) is 0 Å². The Bertz CT molecular complexity index is 664. The molecule has 4 heteroatoms. The number of thiocarbonyl (C=S) groups is 2. The monoisotopic (exact) mass is 516 g/mol. The Kier molecular flexibility index (Phi) is 13.7. The normalized spacial score (nSPS) is 37.7. The summed E-state index contributed by atoms with van der Waals surface area (Å²) in [5.41, 5.74) is 0. The zero-order valence-electron chi connectivity index (χ0n) is 22.8. The molecule has 4 saturated carbocycles. The van der Waals surface area contributed by atoms with Crippen molar-refractivity contribution in [2.75, 3.05) is 0 Å². The molecule has 4 fully saturated rings. The van der Waals surface area contributed by atoms with E-state index in [1.807, 2.05) is 0 Å². The van der Waals surface area contributed by atoms with Gasteiger partial charge in [0, 0.05) is 0 Å². The molecule has 0 N–H and O–H groups in total. The van der Waals surface area contributed by atoms with E-state index in [4.69, 9.17) is 24.4 Å². The fraction of sp³-hybridized carbons (Fsp3) is 0.935. The third-order valence-corrected chi connectivity index (χ3v) is 10.6. The third kappa shape index (κ3) is 9.77. The number of isothiocyanates is 2. The van der Waals surface area contributed by atoms with Gasteiger partial charge in [-0.15, -0.1) is 0 Å². The lowest BCUT2D eigenvalue weighted by molar-refractivity contribution is 0.157. The Morgan fingerprint density at radius 2 is 0.857 bits per heavy atom. The molecule has 198 valence electrons. The molecule has 0 aromatic heterocycles. The van der Waals surface area contributed by atoms with Crippen molar-refractivity contribution in [3.8, 4) is 0 Å². The van der Waals surface area contributed by atoms with E-state index < -0.39 is 0 Å². The highest BCUT2D eigenvalue weighted by Crippen LogP contribution is 2.42. The molecule has 0 aromatic carbocycles. The quantitative estimate of drug-likeness (QED) is 0.248. The average Bonchev–Trinajstić information content (AvgIpc) is 2.91. The first-order chi connectivity index (χ1) is 17.2. The van der Waals surface area contributed by atoms with E-state index in [1.54, 1.807) is 0 Å². The van der Waals surface area contributed by atoms with Crippen LogP contribution in [0.2, 0.25) is 0 Å². The Balaban J connectivity index is 0.000000196. The first kappa shape index (κ1) is 29.2. The molecule has 0 aliphatic heterocycles. The highest BCUT2D eigenvalue weighted by molar-refractivity contribution is 7.78. The van der Waals surface area contributed by atoms with Gasteiger partial charge >= 0.3 is 0 Å². The van der Waals surface area contributed by atoms with Gasteiger partial charge in [-0.3, -0.25) is 0 Å². The van der Waals surface area contributed by atoms with Crippen LogP contribution < -0.4 is 0 Å². The second kappa shape index (κ2) is 16.4. The van der Waals surface area contributed by atoms with Crippen molar-refractivity contribution >= 4 is 34.8 Å². The molecule has 0 amide bonds. The molecule has 0 atom stereocenters. The zero-order chi connectivity index (χ0) is 24.9. The molecule has 0 aromatic rings. The number of rotatable bonds is 7. The van der Waals surface area contributed by atoms with Gasteiger partial charge in [0.05, 0.1) is 22.4 Å². The van der Waals surface area contributed by atoms with Crippen LogP contribution >= 0.6 is 24.4 Å². The summed E-state index contributed by atoms with van der Waals surface area (Å²) in [5, 5.41) is 5.11. The third-order valence-electron chi connectivity index (χ3n) is 10.3. The summed E-state index contributed by atoms with van der Waals surface area (Å²) >= 11 is 9.41. The van der Waals surface area contributed by atoms with E-state index in [-0.39, 0.29) is 0 Å². The molecule has 0 radical (unpaired) electrons. The SMILES string of the molecule is CCC[C@H]1CC[C@H](C2CCC(N=C=S)CC2)CC1.CC[C@H]1CC[C@H](C2CCC(N=C=S)CC2)CC1. The molecular weight excluding hydrogens is 464 g/mol. The van der Waals surface area contributed by atoms with Crippen molar-refractivity contribution in [2.45, 2.75) is 148 Å². The standard InChI is InChI=1S/C16H27NS.C15H25NS/c1-2-3-13-4-6-14(7-5-13)15-8-10-16(11-9-15)17-12-18;1-2-12-3-5-13(6-4-12)14-7-9-15(10-8-14)16-11-17/h13-16H,2-11H2,1H3;12-15H,2-10H2,1H3/t13-,14-,15?,16?;12-,13-,14?,15?. The summed E-state index contributed by atoms with van der Waals surface area (Å²) in [5.74, 6) is 6.10. The van der Waals surface area contributed by atoms with Gasteiger partial charge in [-0.05, 0) is 137 Å². The van der Waals surface area contributed by atoms with E-state index in [0.717, 1.165) is 35.5 Å². The van der Waals surface area contributed by atoms with E-state index >= 15 is 0 Å². The maximum atomic E-state index is 4.71. The number of nitrogens with zero attached hydrogens (tertiary/aromatic N) is 2. The maximum absolute atomic E-state index is 4.71. The molecule has 0 heterocycles. The summed E-state index contributed by atoms with van der Waals surface area (Å²) in [6, 6.07) is 0.992. The summed E-state index contributed by atoms with van der Waals surface area (Å²) in [6.07, 6.45) is 26.7. The van der Waals surface area contributed by atoms with Gasteiger partial charge in [0.1, 0.15) is 0 Å².